The number of benzene rings is 2. The Balaban J connectivity index is 2.04. The van der Waals surface area contributed by atoms with Gasteiger partial charge in [0.15, 0.2) is 0 Å². The lowest BCUT2D eigenvalue weighted by Gasteiger charge is -2.29. The molecule has 0 aliphatic rings. The number of hydrogen-bond donors (Lipinski definition) is 2. The predicted octanol–water partition coefficient (Wildman–Crippen LogP) is 3.76. The Morgan fingerprint density at radius 2 is 1.79 bits per heavy atom. The zero-order valence-corrected chi connectivity index (χ0v) is 16.4. The van der Waals surface area contributed by atoms with Gasteiger partial charge in [-0.25, -0.2) is 19.6 Å². The van der Waals surface area contributed by atoms with Crippen LogP contribution >= 0.6 is 0 Å². The first-order chi connectivity index (χ1) is 15.4. The van der Waals surface area contributed by atoms with Gasteiger partial charge in [-0.1, -0.05) is 6.07 Å². The van der Waals surface area contributed by atoms with Crippen LogP contribution in [0.5, 0.6) is 5.75 Å². The first kappa shape index (κ1) is 24.0. The third-order valence-electron chi connectivity index (χ3n) is 4.47. The molecule has 33 heavy (non-hydrogen) atoms. The summed E-state index contributed by atoms with van der Waals surface area (Å²) in [4.78, 5) is 7.50. The number of alkyl halides is 5. The lowest BCUT2D eigenvalue weighted by molar-refractivity contribution is -0.274. The van der Waals surface area contributed by atoms with Gasteiger partial charge in [0.25, 0.3) is 5.92 Å². The van der Waals surface area contributed by atoms with Crippen LogP contribution in [0.15, 0.2) is 47.7 Å². The number of halogens is 7. The predicted molar refractivity (Wildman–Crippen MR) is 103 cm³/mol. The molecule has 0 aliphatic heterocycles. The van der Waals surface area contributed by atoms with Crippen molar-refractivity contribution in [1.29, 1.82) is 0 Å². The number of nitrogens with zero attached hydrogens (tertiary/aromatic N) is 4. The van der Waals surface area contributed by atoms with E-state index in [1.165, 1.54) is 0 Å². The Morgan fingerprint density at radius 3 is 2.42 bits per heavy atom. The normalized spacial score (nSPS) is 13.5. The molecule has 3 rings (SSSR count). The first-order valence-electron chi connectivity index (χ1n) is 9.01. The van der Waals surface area contributed by atoms with Crippen molar-refractivity contribution in [2.45, 2.75) is 18.2 Å². The van der Waals surface area contributed by atoms with Crippen LogP contribution in [0.3, 0.4) is 0 Å². The second-order valence-electron chi connectivity index (χ2n) is 6.76. The highest BCUT2D eigenvalue weighted by Gasteiger charge is 2.46. The van der Waals surface area contributed by atoms with E-state index in [-0.39, 0.29) is 11.0 Å². The highest BCUT2D eigenvalue weighted by atomic mass is 19.4. The summed E-state index contributed by atoms with van der Waals surface area (Å²) >= 11 is 0. The Bertz CT molecular complexity index is 1170. The van der Waals surface area contributed by atoms with E-state index in [4.69, 9.17) is 11.7 Å². The molecule has 1 atom stereocenters. The molecule has 0 radical (unpaired) electrons. The topological polar surface area (TPSA) is 103 Å². The maximum absolute atomic E-state index is 15.5. The summed E-state index contributed by atoms with van der Waals surface area (Å²) < 4.78 is 99.7. The molecule has 2 aromatic carbocycles. The second kappa shape index (κ2) is 9.05. The molecule has 3 aromatic rings. The molecular weight excluding hydrogens is 461 g/mol. The van der Waals surface area contributed by atoms with Crippen molar-refractivity contribution in [1.82, 2.24) is 15.0 Å². The molecule has 1 heterocycles. The monoisotopic (exact) mass is 476 g/mol. The Labute approximate surface area is 181 Å². The molecule has 4 N–H and O–H groups in total. The SMILES string of the molecule is N/N=C\N(N)CC(c1ccc(F)cc1F)C(F)(F)c1cnc2cc(OC(F)(F)F)ccc2n1. The molecular formula is C19H15F7N6O. The lowest BCUT2D eigenvalue weighted by Crippen LogP contribution is -2.40. The number of nitrogens with two attached hydrogens (primary N) is 2. The largest absolute Gasteiger partial charge is 0.573 e. The minimum atomic E-state index is -4.96. The van der Waals surface area contributed by atoms with E-state index in [1.807, 2.05) is 0 Å². The fourth-order valence-electron chi connectivity index (χ4n) is 3.06. The summed E-state index contributed by atoms with van der Waals surface area (Å²) in [6, 6.07) is 4.83. The van der Waals surface area contributed by atoms with Gasteiger partial charge in [-0.2, -0.15) is 13.9 Å². The van der Waals surface area contributed by atoms with Crippen molar-refractivity contribution in [3.05, 3.63) is 65.5 Å². The lowest BCUT2D eigenvalue weighted by atomic mass is 9.89. The van der Waals surface area contributed by atoms with Crippen molar-refractivity contribution in [2.75, 3.05) is 6.54 Å². The van der Waals surface area contributed by atoms with Crippen LogP contribution in [0.4, 0.5) is 30.7 Å². The van der Waals surface area contributed by atoms with Gasteiger partial charge in [0.2, 0.25) is 0 Å². The molecule has 0 aliphatic carbocycles. The molecule has 0 fully saturated rings. The van der Waals surface area contributed by atoms with Crippen molar-refractivity contribution in [2.24, 2.45) is 16.8 Å². The van der Waals surface area contributed by atoms with Gasteiger partial charge in [0.05, 0.1) is 23.1 Å². The first-order valence-corrected chi connectivity index (χ1v) is 9.01. The van der Waals surface area contributed by atoms with E-state index in [1.54, 1.807) is 0 Å². The van der Waals surface area contributed by atoms with Gasteiger partial charge in [-0.15, -0.1) is 13.2 Å². The zero-order chi connectivity index (χ0) is 24.4. The molecule has 7 nitrogen and oxygen atoms in total. The van der Waals surface area contributed by atoms with E-state index >= 15 is 8.78 Å². The summed E-state index contributed by atoms with van der Waals surface area (Å²) in [6.07, 6.45) is -3.51. The van der Waals surface area contributed by atoms with E-state index < -0.39 is 53.4 Å². The van der Waals surface area contributed by atoms with Gasteiger partial charge < -0.3 is 10.6 Å². The summed E-state index contributed by atoms with van der Waals surface area (Å²) in [7, 11) is 0. The molecule has 1 unspecified atom stereocenters. The fourth-order valence-corrected chi connectivity index (χ4v) is 3.06. The molecule has 1 aromatic heterocycles. The van der Waals surface area contributed by atoms with Crippen LogP contribution in [0, 0.1) is 11.6 Å². The quantitative estimate of drug-likeness (QED) is 0.177. The summed E-state index contributed by atoms with van der Waals surface area (Å²) in [5.74, 6) is 1.77. The third kappa shape index (κ3) is 5.58. The number of fused-ring (bicyclic) bond motifs is 1. The summed E-state index contributed by atoms with van der Waals surface area (Å²) in [5, 5.41) is 3.78. The Morgan fingerprint density at radius 1 is 1.06 bits per heavy atom. The Kier molecular flexibility index (Phi) is 6.58. The van der Waals surface area contributed by atoms with Crippen molar-refractivity contribution < 1.29 is 35.5 Å². The van der Waals surface area contributed by atoms with Crippen LogP contribution in [0.2, 0.25) is 0 Å². The van der Waals surface area contributed by atoms with Crippen LogP contribution in [0.1, 0.15) is 17.2 Å². The number of rotatable bonds is 7. The highest BCUT2D eigenvalue weighted by Crippen LogP contribution is 2.43. The smallest absolute Gasteiger partial charge is 0.406 e. The Hall–Kier alpha value is -3.68. The van der Waals surface area contributed by atoms with Gasteiger partial charge in [-0.05, 0) is 23.8 Å². The molecule has 0 amide bonds. The van der Waals surface area contributed by atoms with Gasteiger partial charge in [0.1, 0.15) is 29.4 Å². The fraction of sp³-hybridized carbons (Fsp3) is 0.211. The van der Waals surface area contributed by atoms with Crippen molar-refractivity contribution in [3.63, 3.8) is 0 Å². The molecule has 0 saturated carbocycles. The molecule has 0 saturated heterocycles. The van der Waals surface area contributed by atoms with Crippen molar-refractivity contribution >= 4 is 17.4 Å². The molecule has 0 spiro atoms. The van der Waals surface area contributed by atoms with Crippen molar-refractivity contribution in [3.8, 4) is 5.75 Å². The van der Waals surface area contributed by atoms with Gasteiger partial charge in [0, 0.05) is 18.7 Å². The van der Waals surface area contributed by atoms with Gasteiger partial charge >= 0.3 is 6.36 Å². The molecule has 176 valence electrons. The number of ether oxygens (including phenoxy) is 1. The minimum Gasteiger partial charge on any atom is -0.406 e. The van der Waals surface area contributed by atoms with E-state index in [0.29, 0.717) is 17.3 Å². The van der Waals surface area contributed by atoms with Gasteiger partial charge in [-0.3, -0.25) is 9.99 Å². The maximum Gasteiger partial charge on any atom is 0.573 e. The van der Waals surface area contributed by atoms with Crippen LogP contribution in [-0.2, 0) is 5.92 Å². The second-order valence-corrected chi connectivity index (χ2v) is 6.76. The number of aromatic nitrogens is 2. The van der Waals surface area contributed by atoms with Crippen LogP contribution in [0.25, 0.3) is 11.0 Å². The van der Waals surface area contributed by atoms with Crippen LogP contribution in [-0.4, -0.2) is 34.2 Å². The number of hydrazine groups is 1. The summed E-state index contributed by atoms with van der Waals surface area (Å²) in [5.41, 5.74) is -1.82. The zero-order valence-electron chi connectivity index (χ0n) is 16.4. The standard InChI is InChI=1S/C19H15F7N6O/c20-10-1-3-12(14(21)5-10)13(8-32(28)9-30-27)18(22,23)17-7-29-16-6-11(33-19(24,25)26)2-4-15(16)31-17/h1-7,9,13H,8,27-28H2/b30-9-. The van der Waals surface area contributed by atoms with E-state index in [9.17, 15) is 22.0 Å². The molecule has 14 heteroatoms. The number of hydrazone groups is 1. The van der Waals surface area contributed by atoms with E-state index in [2.05, 4.69) is 19.8 Å². The molecule has 0 bridgehead atoms. The highest BCUT2D eigenvalue weighted by molar-refractivity contribution is 5.75. The average Bonchev–Trinajstić information content (AvgIpc) is 2.71. The minimum absolute atomic E-state index is 0.156. The third-order valence-corrected chi connectivity index (χ3v) is 4.47. The van der Waals surface area contributed by atoms with Crippen LogP contribution < -0.4 is 16.4 Å². The average molecular weight is 476 g/mol. The number of hydrogen-bond acceptors (Lipinski definition) is 6. The summed E-state index contributed by atoms with van der Waals surface area (Å²) in [6.45, 7) is -0.714. The maximum atomic E-state index is 15.5. The van der Waals surface area contributed by atoms with E-state index in [0.717, 1.165) is 36.7 Å².